The fraction of sp³-hybridized carbons (Fsp3) is 0.440. The number of aryl methyl sites for hydroxylation is 1. The van der Waals surface area contributed by atoms with Crippen LogP contribution >= 0.6 is 11.6 Å². The van der Waals surface area contributed by atoms with Crippen LogP contribution in [0.4, 0.5) is 20.3 Å². The monoisotopic (exact) mass is 531 g/mol. The third kappa shape index (κ3) is 5.10. The summed E-state index contributed by atoms with van der Waals surface area (Å²) in [6.45, 7) is 4.04. The first-order chi connectivity index (χ1) is 17.7. The van der Waals surface area contributed by atoms with E-state index in [0.717, 1.165) is 43.7 Å². The Kier molecular flexibility index (Phi) is 7.00. The van der Waals surface area contributed by atoms with Gasteiger partial charge in [-0.1, -0.05) is 11.6 Å². The van der Waals surface area contributed by atoms with Crippen LogP contribution in [-0.4, -0.2) is 63.4 Å². The van der Waals surface area contributed by atoms with Crippen molar-refractivity contribution < 1.29 is 18.4 Å². The molecule has 0 spiro atoms. The van der Waals surface area contributed by atoms with Gasteiger partial charge in [0.25, 0.3) is 11.8 Å². The fourth-order valence-corrected chi connectivity index (χ4v) is 5.28. The number of hydrogen-bond acceptors (Lipinski definition) is 6. The third-order valence-corrected chi connectivity index (χ3v) is 7.16. The highest BCUT2D eigenvalue weighted by Crippen LogP contribution is 2.34. The van der Waals surface area contributed by atoms with Crippen molar-refractivity contribution in [3.8, 4) is 0 Å². The van der Waals surface area contributed by atoms with Gasteiger partial charge in [-0.05, 0) is 50.8 Å². The molecule has 3 N–H and O–H groups in total. The highest BCUT2D eigenvalue weighted by molar-refractivity contribution is 6.31. The Hall–Kier alpha value is -3.31. The van der Waals surface area contributed by atoms with Crippen LogP contribution in [0.1, 0.15) is 53.3 Å². The van der Waals surface area contributed by atoms with Crippen LogP contribution in [0.15, 0.2) is 30.5 Å². The number of hydrogen-bond donors (Lipinski definition) is 2. The number of alkyl halides is 2. The number of nitrogens with two attached hydrogens (primary N) is 1. The zero-order valence-corrected chi connectivity index (χ0v) is 21.1. The second-order valence-corrected chi connectivity index (χ2v) is 10.0. The molecule has 0 aliphatic carbocycles. The van der Waals surface area contributed by atoms with Gasteiger partial charge in [-0.2, -0.15) is 13.9 Å². The fourth-order valence-electron chi connectivity index (χ4n) is 5.11. The van der Waals surface area contributed by atoms with Gasteiger partial charge in [0, 0.05) is 48.5 Å². The number of carbonyl (C=O) groups excluding carboxylic acids is 2. The Morgan fingerprint density at radius 2 is 2.00 bits per heavy atom. The van der Waals surface area contributed by atoms with E-state index >= 15 is 0 Å². The molecule has 2 atom stereocenters. The van der Waals surface area contributed by atoms with E-state index < -0.39 is 18.2 Å². The Labute approximate surface area is 217 Å². The smallest absolute Gasteiger partial charge is 0.315 e. The molecular formula is C25H28ClF2N7O2. The SMILES string of the molecule is Cc1cn2nc([C@@H]3CCCCN3C(=O)c3cc(Cl)ccc3NC(=O)C(F)F)cc2nc1N1CCC(N)C1. The molecule has 5 rings (SSSR count). The van der Waals surface area contributed by atoms with E-state index in [9.17, 15) is 18.4 Å². The van der Waals surface area contributed by atoms with Crippen molar-refractivity contribution >= 4 is 40.6 Å². The van der Waals surface area contributed by atoms with Gasteiger partial charge in [0.15, 0.2) is 5.65 Å². The van der Waals surface area contributed by atoms with Crippen LogP contribution in [0.3, 0.4) is 0 Å². The molecule has 0 radical (unpaired) electrons. The van der Waals surface area contributed by atoms with Crippen molar-refractivity contribution in [1.29, 1.82) is 0 Å². The standard InChI is InChI=1S/C25H28ClF2N7O2/c1-14-12-35-21(31-23(14)33-9-7-16(29)13-33)11-19(32-35)20-4-2-3-8-34(20)25(37)17-10-15(26)5-6-18(17)30-24(36)22(27)28/h5-6,10-12,16,20,22H,2-4,7-9,13,29H2,1H3,(H,30,36)/t16?,20-/m0/s1. The van der Waals surface area contributed by atoms with Gasteiger partial charge >= 0.3 is 6.43 Å². The van der Waals surface area contributed by atoms with Crippen LogP contribution < -0.4 is 16.0 Å². The maximum Gasteiger partial charge on any atom is 0.315 e. The molecule has 9 nitrogen and oxygen atoms in total. The molecule has 2 saturated heterocycles. The van der Waals surface area contributed by atoms with Gasteiger partial charge in [0.2, 0.25) is 0 Å². The normalized spacial score (nSPS) is 20.2. The molecule has 2 aliphatic heterocycles. The highest BCUT2D eigenvalue weighted by atomic mass is 35.5. The molecule has 2 amide bonds. The van der Waals surface area contributed by atoms with Crippen LogP contribution in [0.25, 0.3) is 5.65 Å². The van der Waals surface area contributed by atoms with Gasteiger partial charge in [0.1, 0.15) is 5.82 Å². The second kappa shape index (κ2) is 10.2. The average Bonchev–Trinajstić information content (AvgIpc) is 3.49. The van der Waals surface area contributed by atoms with Gasteiger partial charge < -0.3 is 20.9 Å². The summed E-state index contributed by atoms with van der Waals surface area (Å²) in [5.74, 6) is -1.02. The molecule has 12 heteroatoms. The third-order valence-electron chi connectivity index (χ3n) is 6.92. The minimum atomic E-state index is -3.21. The number of halogens is 3. The van der Waals surface area contributed by atoms with Crippen LogP contribution in [-0.2, 0) is 4.79 Å². The molecule has 2 aromatic heterocycles. The Morgan fingerprint density at radius 1 is 1.19 bits per heavy atom. The van der Waals surface area contributed by atoms with Crippen molar-refractivity contribution in [2.45, 2.75) is 51.1 Å². The Balaban J connectivity index is 1.47. The molecule has 0 bridgehead atoms. The van der Waals surface area contributed by atoms with Crippen molar-refractivity contribution in [1.82, 2.24) is 19.5 Å². The van der Waals surface area contributed by atoms with Crippen molar-refractivity contribution in [3.05, 3.63) is 52.3 Å². The van der Waals surface area contributed by atoms with Crippen LogP contribution in [0.2, 0.25) is 5.02 Å². The Morgan fingerprint density at radius 3 is 2.73 bits per heavy atom. The predicted octanol–water partition coefficient (Wildman–Crippen LogP) is 3.80. The number of rotatable bonds is 5. The summed E-state index contributed by atoms with van der Waals surface area (Å²) in [5.41, 5.74) is 8.47. The largest absolute Gasteiger partial charge is 0.355 e. The summed E-state index contributed by atoms with van der Waals surface area (Å²) < 4.78 is 27.5. The number of carbonyl (C=O) groups is 2. The molecule has 37 heavy (non-hydrogen) atoms. The zero-order chi connectivity index (χ0) is 26.3. The summed E-state index contributed by atoms with van der Waals surface area (Å²) in [4.78, 5) is 34.0. The zero-order valence-electron chi connectivity index (χ0n) is 20.3. The van der Waals surface area contributed by atoms with E-state index in [0.29, 0.717) is 24.3 Å². The summed E-state index contributed by atoms with van der Waals surface area (Å²) in [6, 6.07) is 5.85. The lowest BCUT2D eigenvalue weighted by molar-refractivity contribution is -0.126. The van der Waals surface area contributed by atoms with E-state index in [-0.39, 0.29) is 28.4 Å². The quantitative estimate of drug-likeness (QED) is 0.518. The predicted molar refractivity (Wildman–Crippen MR) is 136 cm³/mol. The number of benzene rings is 1. The number of likely N-dealkylation sites (tertiary alicyclic amines) is 1. The topological polar surface area (TPSA) is 109 Å². The molecule has 196 valence electrons. The minimum Gasteiger partial charge on any atom is -0.355 e. The molecule has 1 aromatic carbocycles. The number of nitrogens with zero attached hydrogens (tertiary/aromatic N) is 5. The van der Waals surface area contributed by atoms with Crippen molar-refractivity contribution in [2.75, 3.05) is 29.9 Å². The number of nitrogens with one attached hydrogen (secondary N) is 1. The van der Waals surface area contributed by atoms with E-state index in [1.54, 1.807) is 9.42 Å². The number of amides is 2. The summed E-state index contributed by atoms with van der Waals surface area (Å²) in [6.07, 6.45) is 1.99. The maximum atomic E-state index is 13.7. The molecule has 2 fully saturated rings. The Bertz CT molecular complexity index is 1350. The summed E-state index contributed by atoms with van der Waals surface area (Å²) in [5, 5.41) is 7.13. The number of piperidine rings is 1. The van der Waals surface area contributed by atoms with Crippen LogP contribution in [0.5, 0.6) is 0 Å². The molecule has 0 saturated carbocycles. The summed E-state index contributed by atoms with van der Waals surface area (Å²) >= 11 is 6.13. The average molecular weight is 532 g/mol. The molecule has 3 aromatic rings. The molecule has 4 heterocycles. The molecule has 2 aliphatic rings. The van der Waals surface area contributed by atoms with Crippen molar-refractivity contribution in [2.24, 2.45) is 5.73 Å². The summed E-state index contributed by atoms with van der Waals surface area (Å²) in [7, 11) is 0. The van der Waals surface area contributed by atoms with E-state index in [1.165, 1.54) is 18.2 Å². The van der Waals surface area contributed by atoms with Gasteiger partial charge in [-0.25, -0.2) is 9.50 Å². The maximum absolute atomic E-state index is 13.7. The molecular weight excluding hydrogens is 504 g/mol. The van der Waals surface area contributed by atoms with Gasteiger partial charge in [0.05, 0.1) is 23.0 Å². The van der Waals surface area contributed by atoms with Crippen LogP contribution in [0, 0.1) is 6.92 Å². The van der Waals surface area contributed by atoms with E-state index in [1.807, 2.05) is 19.2 Å². The van der Waals surface area contributed by atoms with Gasteiger partial charge in [-0.15, -0.1) is 0 Å². The first kappa shape index (κ1) is 25.3. The van der Waals surface area contributed by atoms with E-state index in [4.69, 9.17) is 27.4 Å². The van der Waals surface area contributed by atoms with E-state index in [2.05, 4.69) is 10.2 Å². The molecule has 1 unspecified atom stereocenters. The first-order valence-electron chi connectivity index (χ1n) is 12.3. The lowest BCUT2D eigenvalue weighted by Gasteiger charge is -2.35. The number of aromatic nitrogens is 3. The lowest BCUT2D eigenvalue weighted by Crippen LogP contribution is -2.39. The number of fused-ring (bicyclic) bond motifs is 1. The highest BCUT2D eigenvalue weighted by Gasteiger charge is 2.33. The number of anilines is 2. The minimum absolute atomic E-state index is 0.00946. The van der Waals surface area contributed by atoms with Gasteiger partial charge in [-0.3, -0.25) is 9.59 Å². The van der Waals surface area contributed by atoms with Crippen molar-refractivity contribution in [3.63, 3.8) is 0 Å². The second-order valence-electron chi connectivity index (χ2n) is 9.60. The first-order valence-corrected chi connectivity index (χ1v) is 12.7. The lowest BCUT2D eigenvalue weighted by atomic mass is 9.98.